The second kappa shape index (κ2) is 2.83. The van der Waals surface area contributed by atoms with Crippen molar-refractivity contribution in [2.75, 3.05) is 0 Å². The fourth-order valence-electron chi connectivity index (χ4n) is 4.17. The molecule has 13 heavy (non-hydrogen) atoms. The van der Waals surface area contributed by atoms with Crippen LogP contribution in [0.1, 0.15) is 44.9 Å². The highest BCUT2D eigenvalue weighted by Crippen LogP contribution is 2.52. The Morgan fingerprint density at radius 2 is 1.62 bits per heavy atom. The molecular weight excluding hydrogens is 160 g/mol. The van der Waals surface area contributed by atoms with E-state index in [1.54, 1.807) is 0 Å². The number of carbonyl (C=O) groups is 1. The van der Waals surface area contributed by atoms with Crippen molar-refractivity contribution < 1.29 is 4.79 Å². The molecule has 72 valence electrons. The minimum atomic E-state index is 0.515. The van der Waals surface area contributed by atoms with Gasteiger partial charge in [0.05, 0.1) is 0 Å². The topological polar surface area (TPSA) is 17.1 Å². The quantitative estimate of drug-likeness (QED) is 0.557. The van der Waals surface area contributed by atoms with Crippen molar-refractivity contribution in [1.29, 1.82) is 0 Å². The van der Waals surface area contributed by atoms with E-state index in [4.69, 9.17) is 0 Å². The van der Waals surface area contributed by atoms with Gasteiger partial charge in [-0.05, 0) is 56.3 Å². The Kier molecular flexibility index (Phi) is 1.75. The van der Waals surface area contributed by atoms with Gasteiger partial charge in [-0.3, -0.25) is 4.79 Å². The smallest absolute Gasteiger partial charge is 0.136 e. The summed E-state index contributed by atoms with van der Waals surface area (Å²) < 4.78 is 0. The predicted octanol–water partition coefficient (Wildman–Crippen LogP) is 2.79. The molecule has 4 aliphatic carbocycles. The van der Waals surface area contributed by atoms with Crippen molar-refractivity contribution in [2.45, 2.75) is 44.9 Å². The van der Waals surface area contributed by atoms with Crippen molar-refractivity contribution in [3.8, 4) is 0 Å². The van der Waals surface area contributed by atoms with Gasteiger partial charge in [0.2, 0.25) is 0 Å². The Morgan fingerprint density at radius 3 is 2.31 bits per heavy atom. The maximum atomic E-state index is 11.8. The van der Waals surface area contributed by atoms with Gasteiger partial charge in [-0.15, -0.1) is 0 Å². The minimum absolute atomic E-state index is 0.515. The van der Waals surface area contributed by atoms with Crippen LogP contribution < -0.4 is 0 Å². The first kappa shape index (κ1) is 8.02. The molecule has 4 rings (SSSR count). The Balaban J connectivity index is 1.90. The molecule has 2 bridgehead atoms. The van der Waals surface area contributed by atoms with E-state index in [0.717, 1.165) is 24.2 Å². The molecule has 0 saturated heterocycles. The molecule has 2 unspecified atom stereocenters. The zero-order chi connectivity index (χ0) is 8.84. The first-order valence-corrected chi connectivity index (χ1v) is 5.89. The van der Waals surface area contributed by atoms with Gasteiger partial charge >= 0.3 is 0 Å². The molecule has 0 aromatic rings. The van der Waals surface area contributed by atoms with Gasteiger partial charge in [0.1, 0.15) is 5.78 Å². The summed E-state index contributed by atoms with van der Waals surface area (Å²) >= 11 is 0. The summed E-state index contributed by atoms with van der Waals surface area (Å²) in [7, 11) is 0. The second-order valence-corrected chi connectivity index (χ2v) is 5.22. The normalized spacial score (nSPS) is 49.1. The fourth-order valence-corrected chi connectivity index (χ4v) is 4.17. The van der Waals surface area contributed by atoms with Gasteiger partial charge in [0, 0.05) is 12.3 Å². The van der Waals surface area contributed by atoms with Crippen molar-refractivity contribution in [2.24, 2.45) is 23.7 Å². The van der Waals surface area contributed by atoms with Crippen molar-refractivity contribution in [3.63, 3.8) is 0 Å². The highest BCUT2D eigenvalue weighted by Gasteiger charge is 2.47. The van der Waals surface area contributed by atoms with E-state index in [1.807, 2.05) is 0 Å². The van der Waals surface area contributed by atoms with Gasteiger partial charge in [-0.25, -0.2) is 0 Å². The lowest BCUT2D eigenvalue weighted by molar-refractivity contribution is -0.136. The summed E-state index contributed by atoms with van der Waals surface area (Å²) in [6, 6.07) is 0. The highest BCUT2D eigenvalue weighted by molar-refractivity contribution is 5.82. The molecule has 0 radical (unpaired) electrons. The third-order valence-corrected chi connectivity index (χ3v) is 4.72. The Morgan fingerprint density at radius 1 is 0.923 bits per heavy atom. The number of hydrogen-bond acceptors (Lipinski definition) is 1. The summed E-state index contributed by atoms with van der Waals surface area (Å²) in [6.45, 7) is 0. The Hall–Kier alpha value is -0.330. The lowest BCUT2D eigenvalue weighted by Gasteiger charge is -2.50. The summed E-state index contributed by atoms with van der Waals surface area (Å²) in [5.41, 5.74) is 0. The van der Waals surface area contributed by atoms with Crippen LogP contribution in [0.5, 0.6) is 0 Å². The van der Waals surface area contributed by atoms with E-state index in [1.165, 1.54) is 38.5 Å². The molecule has 0 aliphatic heterocycles. The van der Waals surface area contributed by atoms with E-state index in [0.29, 0.717) is 11.7 Å². The number of ketones is 1. The third-order valence-electron chi connectivity index (χ3n) is 4.72. The molecule has 0 N–H and O–H groups in total. The van der Waals surface area contributed by atoms with E-state index >= 15 is 0 Å². The number of fused-ring (bicyclic) bond motifs is 2. The van der Waals surface area contributed by atoms with Crippen LogP contribution in [0.3, 0.4) is 0 Å². The number of rotatable bonds is 0. The van der Waals surface area contributed by atoms with Crippen LogP contribution in [0.25, 0.3) is 0 Å². The van der Waals surface area contributed by atoms with Crippen LogP contribution in [0, 0.1) is 23.7 Å². The van der Waals surface area contributed by atoms with Gasteiger partial charge in [-0.2, -0.15) is 0 Å². The number of hydrogen-bond donors (Lipinski definition) is 0. The van der Waals surface area contributed by atoms with E-state index < -0.39 is 0 Å². The molecule has 1 nitrogen and oxygen atoms in total. The van der Waals surface area contributed by atoms with Crippen LogP contribution in [0.15, 0.2) is 0 Å². The van der Waals surface area contributed by atoms with E-state index in [9.17, 15) is 4.79 Å². The van der Waals surface area contributed by atoms with Crippen LogP contribution >= 0.6 is 0 Å². The van der Waals surface area contributed by atoms with Crippen LogP contribution in [-0.4, -0.2) is 5.78 Å². The summed E-state index contributed by atoms with van der Waals surface area (Å²) in [5.74, 6) is 3.67. The first-order chi connectivity index (χ1) is 6.36. The van der Waals surface area contributed by atoms with Crippen LogP contribution in [0.2, 0.25) is 0 Å². The van der Waals surface area contributed by atoms with E-state index in [2.05, 4.69) is 0 Å². The Bertz CT molecular complexity index is 225. The van der Waals surface area contributed by atoms with Gasteiger partial charge in [0.25, 0.3) is 0 Å². The molecule has 4 saturated carbocycles. The largest absolute Gasteiger partial charge is 0.299 e. The maximum Gasteiger partial charge on any atom is 0.136 e. The monoisotopic (exact) mass is 178 g/mol. The summed E-state index contributed by atoms with van der Waals surface area (Å²) in [6.07, 6.45) is 9.01. The Labute approximate surface area is 79.9 Å². The molecule has 0 spiro atoms. The van der Waals surface area contributed by atoms with Gasteiger partial charge in [0.15, 0.2) is 0 Å². The van der Waals surface area contributed by atoms with Crippen molar-refractivity contribution >= 4 is 5.78 Å². The molecule has 0 amide bonds. The molecule has 0 aromatic carbocycles. The minimum Gasteiger partial charge on any atom is -0.299 e. The van der Waals surface area contributed by atoms with Crippen LogP contribution in [-0.2, 0) is 4.79 Å². The lowest BCUT2D eigenvalue weighted by Crippen LogP contribution is -2.45. The number of carbonyl (C=O) groups excluding carboxylic acids is 1. The van der Waals surface area contributed by atoms with Crippen molar-refractivity contribution in [1.82, 2.24) is 0 Å². The third kappa shape index (κ3) is 1.09. The lowest BCUT2D eigenvalue weighted by atomic mass is 9.54. The molecule has 1 heteroatoms. The summed E-state index contributed by atoms with van der Waals surface area (Å²) in [5, 5.41) is 0. The van der Waals surface area contributed by atoms with Crippen LogP contribution in [0.4, 0.5) is 0 Å². The SMILES string of the molecule is O=C1CCCC2C3CCC(CC3)C12. The molecular formula is C12H18O. The molecule has 0 heterocycles. The molecule has 4 fully saturated rings. The maximum absolute atomic E-state index is 11.8. The standard InChI is InChI=1S/C12H18O/c13-11-3-1-2-10-8-4-6-9(7-5-8)12(10)11/h8-10,12H,1-7H2. The number of Topliss-reactive ketones (excluding diaryl/α,β-unsaturated/α-hetero) is 1. The zero-order valence-electron chi connectivity index (χ0n) is 8.17. The van der Waals surface area contributed by atoms with Crippen molar-refractivity contribution in [3.05, 3.63) is 0 Å². The van der Waals surface area contributed by atoms with Gasteiger partial charge < -0.3 is 0 Å². The average Bonchev–Trinajstić information content (AvgIpc) is 2.20. The molecule has 0 aromatic heterocycles. The fraction of sp³-hybridized carbons (Fsp3) is 0.917. The first-order valence-electron chi connectivity index (χ1n) is 5.89. The summed E-state index contributed by atoms with van der Waals surface area (Å²) in [4.78, 5) is 11.8. The second-order valence-electron chi connectivity index (χ2n) is 5.22. The van der Waals surface area contributed by atoms with Gasteiger partial charge in [-0.1, -0.05) is 0 Å². The zero-order valence-corrected chi connectivity index (χ0v) is 8.17. The predicted molar refractivity (Wildman–Crippen MR) is 51.3 cm³/mol. The van der Waals surface area contributed by atoms with E-state index in [-0.39, 0.29) is 0 Å². The highest BCUT2D eigenvalue weighted by atomic mass is 16.1. The molecule has 2 atom stereocenters. The molecule has 4 aliphatic rings. The average molecular weight is 178 g/mol.